The molecule has 0 spiro atoms. The first-order valence-electron chi connectivity index (χ1n) is 13.7. The minimum atomic E-state index is -3.48. The third-order valence-corrected chi connectivity index (χ3v) is 9.27. The quantitative estimate of drug-likeness (QED) is 0.166. The summed E-state index contributed by atoms with van der Waals surface area (Å²) >= 11 is 0. The third-order valence-electron chi connectivity index (χ3n) is 8.66. The van der Waals surface area contributed by atoms with E-state index in [4.69, 9.17) is 17.2 Å². The number of ketones is 2. The summed E-state index contributed by atoms with van der Waals surface area (Å²) in [7, 11) is -0.615. The van der Waals surface area contributed by atoms with Gasteiger partial charge in [-0.15, -0.1) is 0 Å². The van der Waals surface area contributed by atoms with Gasteiger partial charge in [0.05, 0.1) is 40.6 Å². The van der Waals surface area contributed by atoms with E-state index >= 15 is 0 Å². The summed E-state index contributed by atoms with van der Waals surface area (Å²) in [5, 5.41) is 44.2. The number of phenols is 1. The maximum absolute atomic E-state index is 14.4. The Balaban J connectivity index is 1.71. The van der Waals surface area contributed by atoms with Gasteiger partial charge in [0.25, 0.3) is 5.91 Å². The number of nitriles is 1. The number of phenolic OH excluding ortho intramolecular Hbond substituents is 1. The Hall–Kier alpha value is -5.19. The molecule has 238 valence electrons. The van der Waals surface area contributed by atoms with Gasteiger partial charge in [-0.2, -0.15) is 5.26 Å². The van der Waals surface area contributed by atoms with Gasteiger partial charge in [-0.1, -0.05) is 11.8 Å². The Labute approximate surface area is 263 Å². The Bertz CT molecular complexity index is 2040. The van der Waals surface area contributed by atoms with Crippen molar-refractivity contribution in [1.29, 1.82) is 5.26 Å². The van der Waals surface area contributed by atoms with Crippen LogP contribution in [0.5, 0.6) is 5.75 Å². The molecule has 2 aromatic carbocycles. The smallest absolute Gasteiger partial charge is 0.255 e. The number of nitrogens with one attached hydrogen (secondary N) is 1. The molecular weight excluding hydrogens is 616 g/mol. The van der Waals surface area contributed by atoms with Crippen molar-refractivity contribution in [2.24, 2.45) is 22.6 Å². The number of anilines is 1. The first-order valence-corrected chi connectivity index (χ1v) is 15.6. The number of hydrogen-bond acceptors (Lipinski definition) is 12. The summed E-state index contributed by atoms with van der Waals surface area (Å²) in [6.45, 7) is 0. The number of sulfonamides is 1. The van der Waals surface area contributed by atoms with E-state index in [0.29, 0.717) is 16.8 Å². The van der Waals surface area contributed by atoms with Crippen LogP contribution in [-0.4, -0.2) is 83.6 Å². The molecule has 14 nitrogen and oxygen atoms in total. The number of Topliss-reactive ketones (excluding diaryl/α,β-unsaturated/α-hetero) is 2. The topological polar surface area (TPSA) is 263 Å². The second-order valence-corrected chi connectivity index (χ2v) is 13.7. The summed E-state index contributed by atoms with van der Waals surface area (Å²) in [5.74, 6) is -0.193. The second kappa shape index (κ2) is 10.4. The molecule has 3 aliphatic carbocycles. The van der Waals surface area contributed by atoms with Crippen LogP contribution >= 0.6 is 0 Å². The lowest BCUT2D eigenvalue weighted by molar-refractivity contribution is -0.139. The van der Waals surface area contributed by atoms with Crippen LogP contribution in [0.15, 0.2) is 53.3 Å². The van der Waals surface area contributed by atoms with Crippen molar-refractivity contribution < 1.29 is 38.1 Å². The van der Waals surface area contributed by atoms with Crippen LogP contribution in [0.4, 0.5) is 5.69 Å². The van der Waals surface area contributed by atoms with Crippen molar-refractivity contribution in [2.45, 2.75) is 30.0 Å². The number of rotatable bonds is 4. The van der Waals surface area contributed by atoms with Gasteiger partial charge < -0.3 is 32.5 Å². The van der Waals surface area contributed by atoms with Crippen LogP contribution in [-0.2, 0) is 30.8 Å². The number of fused-ring (bicyclic) bond motifs is 3. The fraction of sp³-hybridized carbons (Fsp3) is 0.290. The van der Waals surface area contributed by atoms with E-state index < -0.39 is 84.9 Å². The lowest BCUT2D eigenvalue weighted by Crippen LogP contribution is -2.80. The molecule has 46 heavy (non-hydrogen) atoms. The molecular formula is C31H30N6O8S. The number of primary amides is 1. The third kappa shape index (κ3) is 4.52. The van der Waals surface area contributed by atoms with Crippen LogP contribution in [0.2, 0.25) is 0 Å². The standard InChI is InChI=1S/C31H30N6O8S/c1-37(2)25-24(40)21(28(33)43)26(41)30(14-32)27(42)22-23(39)20-18(12-29(22,34)13-31(25,30)35)16(8-11-19(20)38)7-4-15-5-9-17(10-6-15)36-46(3,44)45/h5-6,8-11,25,36,38-39,41H,12-13,34-35H2,1-3H3,(H2,33,43)/t25-,29-,30+,31-/m1/s1. The average molecular weight is 647 g/mol. The van der Waals surface area contributed by atoms with Gasteiger partial charge >= 0.3 is 0 Å². The van der Waals surface area contributed by atoms with Crippen molar-refractivity contribution in [2.75, 3.05) is 25.1 Å². The monoisotopic (exact) mass is 646 g/mol. The van der Waals surface area contributed by atoms with Crippen LogP contribution in [0, 0.1) is 28.6 Å². The molecule has 1 amide bonds. The highest BCUT2D eigenvalue weighted by molar-refractivity contribution is 7.92. The van der Waals surface area contributed by atoms with Crippen LogP contribution in [0.3, 0.4) is 0 Å². The highest BCUT2D eigenvalue weighted by Gasteiger charge is 2.74. The zero-order chi connectivity index (χ0) is 34.1. The van der Waals surface area contributed by atoms with Crippen LogP contribution in [0.25, 0.3) is 5.76 Å². The molecule has 0 heterocycles. The molecule has 10 N–H and O–H groups in total. The van der Waals surface area contributed by atoms with Crippen molar-refractivity contribution in [1.82, 2.24) is 4.90 Å². The zero-order valence-corrected chi connectivity index (χ0v) is 25.7. The Morgan fingerprint density at radius 3 is 2.24 bits per heavy atom. The highest BCUT2D eigenvalue weighted by atomic mass is 32.2. The van der Waals surface area contributed by atoms with Gasteiger partial charge in [0.15, 0.2) is 17.0 Å². The van der Waals surface area contributed by atoms with Gasteiger partial charge in [-0.25, -0.2) is 8.42 Å². The lowest BCUT2D eigenvalue weighted by Gasteiger charge is -2.58. The second-order valence-electron chi connectivity index (χ2n) is 12.0. The molecule has 5 rings (SSSR count). The molecule has 3 aliphatic rings. The molecule has 0 aromatic heterocycles. The Kier molecular flexibility index (Phi) is 7.31. The number of aliphatic hydroxyl groups excluding tert-OH is 2. The van der Waals surface area contributed by atoms with Gasteiger partial charge in [0.2, 0.25) is 10.0 Å². The largest absolute Gasteiger partial charge is 0.509 e. The fourth-order valence-electron chi connectivity index (χ4n) is 6.92. The molecule has 0 bridgehead atoms. The highest BCUT2D eigenvalue weighted by Crippen LogP contribution is 2.58. The molecule has 0 aliphatic heterocycles. The number of carbonyl (C=O) groups excluding carboxylic acids is 3. The summed E-state index contributed by atoms with van der Waals surface area (Å²) in [5.41, 5.74) is 12.0. The van der Waals surface area contributed by atoms with Gasteiger partial charge in [0, 0.05) is 16.8 Å². The van der Waals surface area contributed by atoms with Gasteiger partial charge in [-0.3, -0.25) is 24.0 Å². The maximum atomic E-state index is 14.4. The zero-order valence-electron chi connectivity index (χ0n) is 24.9. The van der Waals surface area contributed by atoms with Crippen molar-refractivity contribution in [3.8, 4) is 23.7 Å². The number of hydrogen-bond donors (Lipinski definition) is 7. The number of aliphatic hydroxyl groups is 2. The summed E-state index contributed by atoms with van der Waals surface area (Å²) in [6, 6.07) is 9.12. The van der Waals surface area contributed by atoms with Crippen molar-refractivity contribution in [3.63, 3.8) is 0 Å². The van der Waals surface area contributed by atoms with Crippen LogP contribution in [0.1, 0.15) is 28.7 Å². The predicted molar refractivity (Wildman–Crippen MR) is 165 cm³/mol. The molecule has 2 aromatic rings. The Morgan fingerprint density at radius 2 is 1.70 bits per heavy atom. The summed E-state index contributed by atoms with van der Waals surface area (Å²) in [4.78, 5) is 41.6. The maximum Gasteiger partial charge on any atom is 0.255 e. The van der Waals surface area contributed by atoms with E-state index in [0.717, 1.165) is 6.26 Å². The normalized spacial score (nSPS) is 27.2. The number of benzene rings is 2. The fourth-order valence-corrected chi connectivity index (χ4v) is 7.49. The summed E-state index contributed by atoms with van der Waals surface area (Å²) in [6.07, 6.45) is 0.260. The molecule has 4 atom stereocenters. The van der Waals surface area contributed by atoms with E-state index in [1.165, 1.54) is 43.3 Å². The van der Waals surface area contributed by atoms with Crippen molar-refractivity contribution in [3.05, 3.63) is 75.6 Å². The number of likely N-dealkylation sites (N-methyl/N-ethyl adjacent to an activating group) is 1. The lowest BCUT2D eigenvalue weighted by atomic mass is 9.47. The molecule has 0 unspecified atom stereocenters. The molecule has 1 saturated carbocycles. The molecule has 1 fully saturated rings. The number of nitrogens with two attached hydrogens (primary N) is 3. The molecule has 0 radical (unpaired) electrons. The van der Waals surface area contributed by atoms with Crippen molar-refractivity contribution >= 4 is 38.9 Å². The van der Waals surface area contributed by atoms with Gasteiger partial charge in [0.1, 0.15) is 22.8 Å². The van der Waals surface area contributed by atoms with E-state index in [1.54, 1.807) is 18.2 Å². The average Bonchev–Trinajstić information content (AvgIpc) is 2.91. The minimum Gasteiger partial charge on any atom is -0.509 e. The van der Waals surface area contributed by atoms with E-state index in [2.05, 4.69) is 16.6 Å². The molecule has 0 saturated heterocycles. The number of aromatic hydroxyl groups is 1. The number of nitrogens with zero attached hydrogens (tertiary/aromatic N) is 2. The Morgan fingerprint density at radius 1 is 1.07 bits per heavy atom. The SMILES string of the molecule is CN(C)[C@@H]1C(=O)C(C(N)=O)=C(O)[C@@]2(C#N)C(=O)C3=C(O)c4c(O)ccc(C#Cc5ccc(NS(C)(=O)=O)cc5)c4C[C@@]3(N)C[C@@]12N. The summed E-state index contributed by atoms with van der Waals surface area (Å²) < 4.78 is 25.3. The van der Waals surface area contributed by atoms with E-state index in [9.17, 15) is 43.4 Å². The van der Waals surface area contributed by atoms with E-state index in [1.807, 2.05) is 0 Å². The molecule has 15 heteroatoms. The minimum absolute atomic E-state index is 0.184. The van der Waals surface area contributed by atoms with Gasteiger partial charge in [-0.05, 0) is 68.9 Å². The first-order chi connectivity index (χ1) is 21.3. The van der Waals surface area contributed by atoms with E-state index in [-0.39, 0.29) is 17.5 Å². The first kappa shape index (κ1) is 32.2. The van der Waals surface area contributed by atoms with Crippen LogP contribution < -0.4 is 21.9 Å². The number of amides is 1. The number of carbonyl (C=O) groups is 3. The predicted octanol–water partition coefficient (Wildman–Crippen LogP) is -0.323.